The third-order valence-corrected chi connectivity index (χ3v) is 2.97. The van der Waals surface area contributed by atoms with Gasteiger partial charge in [0, 0.05) is 12.0 Å². The van der Waals surface area contributed by atoms with Gasteiger partial charge in [-0.3, -0.25) is 0 Å². The lowest BCUT2D eigenvalue weighted by molar-refractivity contribution is 0.647. The maximum absolute atomic E-state index is 3.23. The highest BCUT2D eigenvalue weighted by Gasteiger charge is 1.97. The Hall–Kier alpha value is -2.00. The minimum absolute atomic E-state index is 0.712. The molecule has 0 nitrogen and oxygen atoms in total. The zero-order chi connectivity index (χ0) is 13.5. The Labute approximate surface area is 116 Å². The third kappa shape index (κ3) is 4.64. The molecule has 0 atom stereocenters. The Morgan fingerprint density at radius 3 is 2.11 bits per heavy atom. The van der Waals surface area contributed by atoms with Crippen molar-refractivity contribution in [3.8, 4) is 11.8 Å². The molecule has 0 spiro atoms. The van der Waals surface area contributed by atoms with Gasteiger partial charge in [-0.15, -0.1) is 0 Å². The Kier molecular flexibility index (Phi) is 4.81. The highest BCUT2D eigenvalue weighted by atomic mass is 14.0. The summed E-state index contributed by atoms with van der Waals surface area (Å²) in [6.07, 6.45) is 1.97. The second-order valence-electron chi connectivity index (χ2n) is 5.26. The molecule has 0 unspecified atom stereocenters. The van der Waals surface area contributed by atoms with E-state index in [1.807, 2.05) is 30.3 Å². The van der Waals surface area contributed by atoms with Crippen molar-refractivity contribution >= 4 is 0 Å². The zero-order valence-electron chi connectivity index (χ0n) is 11.7. The van der Waals surface area contributed by atoms with E-state index >= 15 is 0 Å². The van der Waals surface area contributed by atoms with Gasteiger partial charge < -0.3 is 0 Å². The van der Waals surface area contributed by atoms with Crippen LogP contribution in [-0.2, 0) is 12.8 Å². The summed E-state index contributed by atoms with van der Waals surface area (Å²) in [6.45, 7) is 4.50. The fraction of sp³-hybridized carbons (Fsp3) is 0.263. The molecule has 2 rings (SSSR count). The highest BCUT2D eigenvalue weighted by molar-refractivity contribution is 5.35. The molecule has 0 heteroatoms. The summed E-state index contributed by atoms with van der Waals surface area (Å²) in [5.41, 5.74) is 3.78. The molecule has 0 amide bonds. The largest absolute Gasteiger partial charge is 0.0931 e. The van der Waals surface area contributed by atoms with Crippen LogP contribution in [-0.4, -0.2) is 0 Å². The molecule has 0 N–H and O–H groups in total. The predicted molar refractivity (Wildman–Crippen MR) is 82.0 cm³/mol. The van der Waals surface area contributed by atoms with Gasteiger partial charge in [0.2, 0.25) is 0 Å². The molecule has 0 aliphatic carbocycles. The summed E-state index contributed by atoms with van der Waals surface area (Å²) in [6, 6.07) is 19.0. The molecule has 0 saturated heterocycles. The second kappa shape index (κ2) is 6.81. The topological polar surface area (TPSA) is 0 Å². The van der Waals surface area contributed by atoms with Gasteiger partial charge in [-0.1, -0.05) is 68.2 Å². The molecule has 0 radical (unpaired) electrons. The Balaban J connectivity index is 1.95. The summed E-state index contributed by atoms with van der Waals surface area (Å²) >= 11 is 0. The van der Waals surface area contributed by atoms with E-state index in [4.69, 9.17) is 0 Å². The monoisotopic (exact) mass is 248 g/mol. The van der Waals surface area contributed by atoms with E-state index < -0.39 is 0 Å². The first kappa shape index (κ1) is 13.4. The van der Waals surface area contributed by atoms with Crippen LogP contribution >= 0.6 is 0 Å². The first-order valence-electron chi connectivity index (χ1n) is 6.86. The van der Waals surface area contributed by atoms with Crippen LogP contribution in [0.2, 0.25) is 0 Å². The lowest BCUT2D eigenvalue weighted by Gasteiger charge is -2.05. The maximum Gasteiger partial charge on any atom is 0.0344 e. The summed E-state index contributed by atoms with van der Waals surface area (Å²) in [5, 5.41) is 0. The zero-order valence-corrected chi connectivity index (χ0v) is 11.7. The Bertz CT molecular complexity index is 550. The van der Waals surface area contributed by atoms with Crippen molar-refractivity contribution < 1.29 is 0 Å². The van der Waals surface area contributed by atoms with E-state index in [2.05, 4.69) is 50.0 Å². The van der Waals surface area contributed by atoms with E-state index in [-0.39, 0.29) is 0 Å². The van der Waals surface area contributed by atoms with Gasteiger partial charge in [-0.2, -0.15) is 0 Å². The van der Waals surface area contributed by atoms with Gasteiger partial charge in [0.1, 0.15) is 0 Å². The summed E-state index contributed by atoms with van der Waals surface area (Å²) in [5.74, 6) is 7.13. The van der Waals surface area contributed by atoms with Crippen LogP contribution < -0.4 is 0 Å². The third-order valence-electron chi connectivity index (χ3n) is 2.97. The van der Waals surface area contributed by atoms with Crippen LogP contribution in [0, 0.1) is 17.8 Å². The lowest BCUT2D eigenvalue weighted by Crippen LogP contribution is -1.94. The summed E-state index contributed by atoms with van der Waals surface area (Å²) < 4.78 is 0. The Morgan fingerprint density at radius 2 is 1.47 bits per heavy atom. The number of benzene rings is 2. The summed E-state index contributed by atoms with van der Waals surface area (Å²) in [4.78, 5) is 0. The van der Waals surface area contributed by atoms with E-state index in [9.17, 15) is 0 Å². The van der Waals surface area contributed by atoms with Crippen molar-refractivity contribution in [2.24, 2.45) is 5.92 Å². The van der Waals surface area contributed by atoms with Crippen LogP contribution in [0.5, 0.6) is 0 Å². The molecule has 2 aromatic rings. The molecule has 0 aliphatic rings. The smallest absolute Gasteiger partial charge is 0.0344 e. The molecular weight excluding hydrogens is 228 g/mol. The fourth-order valence-corrected chi connectivity index (χ4v) is 2.03. The molecule has 0 bridgehead atoms. The normalized spacial score (nSPS) is 10.1. The van der Waals surface area contributed by atoms with Crippen LogP contribution in [0.4, 0.5) is 0 Å². The fourth-order valence-electron chi connectivity index (χ4n) is 2.03. The van der Waals surface area contributed by atoms with Crippen molar-refractivity contribution in [2.75, 3.05) is 0 Å². The highest BCUT2D eigenvalue weighted by Crippen LogP contribution is 2.10. The van der Waals surface area contributed by atoms with Crippen LogP contribution in [0.1, 0.15) is 30.5 Å². The first-order chi connectivity index (χ1) is 9.24. The SMILES string of the molecule is CC(C)Cc1ccc(CC#Cc2ccccc2)cc1. The van der Waals surface area contributed by atoms with E-state index in [1.165, 1.54) is 11.1 Å². The molecule has 0 heterocycles. The van der Waals surface area contributed by atoms with Crippen molar-refractivity contribution in [2.45, 2.75) is 26.7 Å². The molecule has 0 saturated carbocycles. The average Bonchev–Trinajstić information content (AvgIpc) is 2.41. The minimum atomic E-state index is 0.712. The minimum Gasteiger partial charge on any atom is -0.0931 e. The molecule has 0 fully saturated rings. The first-order valence-corrected chi connectivity index (χ1v) is 6.86. The number of hydrogen-bond donors (Lipinski definition) is 0. The molecular formula is C19H20. The van der Waals surface area contributed by atoms with Gasteiger partial charge in [0.25, 0.3) is 0 Å². The van der Waals surface area contributed by atoms with Gasteiger partial charge in [0.05, 0.1) is 0 Å². The predicted octanol–water partition coefficient (Wildman–Crippen LogP) is 4.48. The molecule has 96 valence electrons. The van der Waals surface area contributed by atoms with Crippen molar-refractivity contribution in [3.63, 3.8) is 0 Å². The molecule has 19 heavy (non-hydrogen) atoms. The average molecular weight is 248 g/mol. The quantitative estimate of drug-likeness (QED) is 0.703. The maximum atomic E-state index is 3.23. The van der Waals surface area contributed by atoms with Gasteiger partial charge in [-0.25, -0.2) is 0 Å². The van der Waals surface area contributed by atoms with E-state index in [0.717, 1.165) is 18.4 Å². The van der Waals surface area contributed by atoms with E-state index in [0.29, 0.717) is 5.92 Å². The Morgan fingerprint density at radius 1 is 0.842 bits per heavy atom. The summed E-state index contributed by atoms with van der Waals surface area (Å²) in [7, 11) is 0. The second-order valence-corrected chi connectivity index (χ2v) is 5.26. The standard InChI is InChI=1S/C19H20/c1-16(2)15-19-13-11-18(12-14-19)10-6-9-17-7-4-3-5-8-17/h3-5,7-8,11-14,16H,10,15H2,1-2H3. The van der Waals surface area contributed by atoms with Gasteiger partial charge in [0.15, 0.2) is 0 Å². The molecule has 0 aromatic heterocycles. The van der Waals surface area contributed by atoms with Crippen molar-refractivity contribution in [1.82, 2.24) is 0 Å². The van der Waals surface area contributed by atoms with Crippen LogP contribution in [0.15, 0.2) is 54.6 Å². The van der Waals surface area contributed by atoms with Gasteiger partial charge in [-0.05, 0) is 35.6 Å². The lowest BCUT2D eigenvalue weighted by atomic mass is 10.0. The van der Waals surface area contributed by atoms with Gasteiger partial charge >= 0.3 is 0 Å². The van der Waals surface area contributed by atoms with E-state index in [1.54, 1.807) is 0 Å². The molecule has 2 aromatic carbocycles. The number of hydrogen-bond acceptors (Lipinski definition) is 0. The molecule has 0 aliphatic heterocycles. The van der Waals surface area contributed by atoms with Crippen LogP contribution in [0.3, 0.4) is 0 Å². The number of rotatable bonds is 3. The van der Waals surface area contributed by atoms with Crippen LogP contribution in [0.25, 0.3) is 0 Å². The van der Waals surface area contributed by atoms with Crippen molar-refractivity contribution in [3.05, 3.63) is 71.3 Å². The van der Waals surface area contributed by atoms with Crippen molar-refractivity contribution in [1.29, 1.82) is 0 Å².